The number of rotatable bonds is 6. The summed E-state index contributed by atoms with van der Waals surface area (Å²) in [6, 6.07) is 13.4. The molecule has 128 valence electrons. The van der Waals surface area contributed by atoms with Crippen LogP contribution in [0.2, 0.25) is 5.02 Å². The molecule has 0 fully saturated rings. The van der Waals surface area contributed by atoms with Crippen molar-refractivity contribution in [1.82, 2.24) is 0 Å². The van der Waals surface area contributed by atoms with Gasteiger partial charge in [-0.15, -0.1) is 23.5 Å². The van der Waals surface area contributed by atoms with E-state index in [9.17, 15) is 4.39 Å². The van der Waals surface area contributed by atoms with Crippen LogP contribution in [0, 0.1) is 0 Å². The zero-order valence-corrected chi connectivity index (χ0v) is 15.9. The number of alkyl halides is 1. The molecule has 0 radical (unpaired) electrons. The highest BCUT2D eigenvalue weighted by Crippen LogP contribution is 2.32. The second-order valence-corrected chi connectivity index (χ2v) is 7.33. The van der Waals surface area contributed by atoms with Crippen LogP contribution in [-0.4, -0.2) is 31.7 Å². The topological polar surface area (TPSA) is 41.6 Å². The lowest BCUT2D eigenvalue weighted by Gasteiger charge is -2.19. The van der Waals surface area contributed by atoms with Crippen LogP contribution in [0.25, 0.3) is 0 Å². The van der Waals surface area contributed by atoms with Gasteiger partial charge in [-0.1, -0.05) is 17.7 Å². The van der Waals surface area contributed by atoms with Gasteiger partial charge in [-0.2, -0.15) is 0 Å². The lowest BCUT2D eigenvalue weighted by molar-refractivity contribution is 0.533. The van der Waals surface area contributed by atoms with Gasteiger partial charge in [-0.25, -0.2) is 4.99 Å². The minimum absolute atomic E-state index is 0.345. The number of anilines is 1. The highest BCUT2D eigenvalue weighted by molar-refractivity contribution is 7.99. The predicted molar refractivity (Wildman–Crippen MR) is 106 cm³/mol. The van der Waals surface area contributed by atoms with Crippen molar-refractivity contribution in [1.29, 1.82) is 0 Å². The second kappa shape index (κ2) is 9.20. The maximum absolute atomic E-state index is 12.5. The molecule has 24 heavy (non-hydrogen) atoms. The van der Waals surface area contributed by atoms with Gasteiger partial charge in [0.2, 0.25) is 5.96 Å². The highest BCUT2D eigenvalue weighted by atomic mass is 35.5. The third-order valence-corrected chi connectivity index (χ3v) is 5.25. The van der Waals surface area contributed by atoms with Crippen molar-refractivity contribution in [2.45, 2.75) is 9.79 Å². The maximum Gasteiger partial charge on any atom is 0.200 e. The van der Waals surface area contributed by atoms with E-state index in [1.54, 1.807) is 23.9 Å². The molecule has 0 aliphatic heterocycles. The predicted octanol–water partition coefficient (Wildman–Crippen LogP) is 5.21. The Hall–Kier alpha value is -1.37. The van der Waals surface area contributed by atoms with E-state index in [1.807, 2.05) is 48.5 Å². The Kier molecular flexibility index (Phi) is 7.27. The normalized spacial score (nSPS) is 11.6. The SMILES string of the molecule is CSc1cccc(N(C)C(N)=Nc2cc(Cl)ccc2SCC[18F])c1. The number of halogens is 2. The van der Waals surface area contributed by atoms with Crippen LogP contribution >= 0.6 is 35.1 Å². The minimum atomic E-state index is -0.396. The summed E-state index contributed by atoms with van der Waals surface area (Å²) in [5.74, 6) is 0.716. The van der Waals surface area contributed by atoms with Crippen LogP contribution in [0.15, 0.2) is 57.2 Å². The minimum Gasteiger partial charge on any atom is -0.369 e. The molecule has 0 spiro atoms. The number of hydrogen-bond acceptors (Lipinski definition) is 3. The van der Waals surface area contributed by atoms with Gasteiger partial charge in [-0.05, 0) is 42.7 Å². The first kappa shape index (κ1) is 19.0. The standard InChI is InChI=1S/C17H19ClFN3S2/c1-22(13-4-3-5-14(11-13)23-2)17(20)21-15-10-12(18)6-7-16(15)24-9-8-19/h3-7,10-11H,8-9H2,1-2H3,(H2,20,21)/i19-1. The van der Waals surface area contributed by atoms with E-state index >= 15 is 0 Å². The number of benzene rings is 2. The molecular weight excluding hydrogens is 364 g/mol. The quantitative estimate of drug-likeness (QED) is 0.423. The Morgan fingerprint density at radius 2 is 2.08 bits per heavy atom. The number of guanidine groups is 1. The first-order valence-corrected chi connectivity index (χ1v) is 9.84. The molecule has 3 nitrogen and oxygen atoms in total. The molecule has 0 unspecified atom stereocenters. The molecule has 2 N–H and O–H groups in total. The molecule has 0 atom stereocenters. The lowest BCUT2D eigenvalue weighted by Crippen LogP contribution is -2.33. The molecule has 2 aromatic carbocycles. The molecule has 0 saturated heterocycles. The van der Waals surface area contributed by atoms with Gasteiger partial charge in [0.1, 0.15) is 0 Å². The largest absolute Gasteiger partial charge is 0.369 e. The van der Waals surface area contributed by atoms with Crippen LogP contribution in [0.1, 0.15) is 0 Å². The van der Waals surface area contributed by atoms with E-state index in [-0.39, 0.29) is 0 Å². The van der Waals surface area contributed by atoms with Crippen LogP contribution in [0.4, 0.5) is 15.8 Å². The van der Waals surface area contributed by atoms with E-state index in [1.165, 1.54) is 11.8 Å². The average Bonchev–Trinajstić information content (AvgIpc) is 2.60. The number of thioether (sulfide) groups is 2. The van der Waals surface area contributed by atoms with Crippen molar-refractivity contribution in [2.24, 2.45) is 10.7 Å². The number of nitrogens with zero attached hydrogens (tertiary/aromatic N) is 2. The third kappa shape index (κ3) is 5.06. The summed E-state index contributed by atoms with van der Waals surface area (Å²) in [7, 11) is 1.86. The van der Waals surface area contributed by atoms with Gasteiger partial charge in [0.05, 0.1) is 12.4 Å². The Bertz CT molecular complexity index is 725. The van der Waals surface area contributed by atoms with Crippen LogP contribution in [-0.2, 0) is 0 Å². The van der Waals surface area contributed by atoms with E-state index in [0.29, 0.717) is 22.4 Å². The molecule has 7 heteroatoms. The van der Waals surface area contributed by atoms with E-state index in [2.05, 4.69) is 4.99 Å². The van der Waals surface area contributed by atoms with Crippen molar-refractivity contribution in [2.75, 3.05) is 30.6 Å². The van der Waals surface area contributed by atoms with Crippen molar-refractivity contribution < 1.29 is 4.39 Å². The average molecular weight is 383 g/mol. The van der Waals surface area contributed by atoms with Crippen LogP contribution in [0.3, 0.4) is 0 Å². The summed E-state index contributed by atoms with van der Waals surface area (Å²) >= 11 is 9.12. The van der Waals surface area contributed by atoms with E-state index in [4.69, 9.17) is 17.3 Å². The molecule has 0 saturated carbocycles. The zero-order chi connectivity index (χ0) is 17.5. The summed E-state index contributed by atoms with van der Waals surface area (Å²) in [5.41, 5.74) is 7.76. The van der Waals surface area contributed by atoms with Gasteiger partial charge in [0.15, 0.2) is 0 Å². The fourth-order valence-electron chi connectivity index (χ4n) is 2.00. The van der Waals surface area contributed by atoms with Crippen LogP contribution in [0.5, 0.6) is 0 Å². The van der Waals surface area contributed by atoms with Gasteiger partial charge in [0, 0.05) is 33.3 Å². The highest BCUT2D eigenvalue weighted by Gasteiger charge is 2.09. The van der Waals surface area contributed by atoms with Crippen molar-refractivity contribution in [3.05, 3.63) is 47.5 Å². The number of nitrogens with two attached hydrogens (primary N) is 1. The van der Waals surface area contributed by atoms with E-state index in [0.717, 1.165) is 15.5 Å². The fraction of sp³-hybridized carbons (Fsp3) is 0.235. The molecule has 0 amide bonds. The first-order valence-electron chi connectivity index (χ1n) is 7.25. The number of aliphatic imine (C=N–C) groups is 1. The summed E-state index contributed by atoms with van der Waals surface area (Å²) in [4.78, 5) is 8.30. The van der Waals surface area contributed by atoms with Gasteiger partial charge in [-0.3, -0.25) is 4.39 Å². The Balaban J connectivity index is 2.30. The van der Waals surface area contributed by atoms with Gasteiger partial charge >= 0.3 is 0 Å². The Morgan fingerprint density at radius 3 is 2.79 bits per heavy atom. The van der Waals surface area contributed by atoms with Crippen molar-refractivity contribution in [3.63, 3.8) is 0 Å². The Labute approximate surface area is 155 Å². The smallest absolute Gasteiger partial charge is 0.200 e. The number of hydrogen-bond donors (Lipinski definition) is 1. The summed E-state index contributed by atoms with van der Waals surface area (Å²) in [5, 5.41) is 0.568. The molecule has 0 aliphatic rings. The first-order chi connectivity index (χ1) is 11.5. The lowest BCUT2D eigenvalue weighted by atomic mass is 10.3. The summed E-state index contributed by atoms with van der Waals surface area (Å²) < 4.78 is 12.5. The van der Waals surface area contributed by atoms with Crippen molar-refractivity contribution in [3.8, 4) is 0 Å². The maximum atomic E-state index is 12.5. The molecule has 0 heterocycles. The summed E-state index contributed by atoms with van der Waals surface area (Å²) in [6.07, 6.45) is 2.02. The fourth-order valence-corrected chi connectivity index (χ4v) is 3.33. The molecule has 0 bridgehead atoms. The molecule has 0 aliphatic carbocycles. The molecule has 2 rings (SSSR count). The zero-order valence-electron chi connectivity index (χ0n) is 13.5. The van der Waals surface area contributed by atoms with Gasteiger partial charge in [0.25, 0.3) is 0 Å². The molecule has 2 aromatic rings. The molecule has 0 aromatic heterocycles. The van der Waals surface area contributed by atoms with Gasteiger partial charge < -0.3 is 10.6 Å². The third-order valence-electron chi connectivity index (χ3n) is 3.27. The van der Waals surface area contributed by atoms with Crippen molar-refractivity contribution >= 4 is 52.5 Å². The molecular formula is C17H19ClFN3S2. The Morgan fingerprint density at radius 1 is 1.29 bits per heavy atom. The second-order valence-electron chi connectivity index (χ2n) is 4.88. The van der Waals surface area contributed by atoms with E-state index < -0.39 is 6.67 Å². The van der Waals surface area contributed by atoms with Crippen LogP contribution < -0.4 is 10.6 Å². The monoisotopic (exact) mass is 382 g/mol. The summed E-state index contributed by atoms with van der Waals surface area (Å²) in [6.45, 7) is -0.396.